The summed E-state index contributed by atoms with van der Waals surface area (Å²) in [5.41, 5.74) is 2.80. The number of carbonyl (C=O) groups is 1. The first-order valence-corrected chi connectivity index (χ1v) is 7.68. The predicted octanol–water partition coefficient (Wildman–Crippen LogP) is 3.00. The van der Waals surface area contributed by atoms with Crippen molar-refractivity contribution in [2.45, 2.75) is 44.6 Å². The van der Waals surface area contributed by atoms with Crippen molar-refractivity contribution in [3.63, 3.8) is 0 Å². The van der Waals surface area contributed by atoms with Gasteiger partial charge >= 0.3 is 6.03 Å². The van der Waals surface area contributed by atoms with Gasteiger partial charge in [0.05, 0.1) is 0 Å². The van der Waals surface area contributed by atoms with Crippen LogP contribution in [0.3, 0.4) is 0 Å². The molecule has 0 aliphatic heterocycles. The molecule has 2 N–H and O–H groups in total. The van der Waals surface area contributed by atoms with Crippen LogP contribution in [0.5, 0.6) is 0 Å². The van der Waals surface area contributed by atoms with E-state index in [1.54, 1.807) is 0 Å². The lowest BCUT2D eigenvalue weighted by atomic mass is 9.96. The van der Waals surface area contributed by atoms with E-state index in [4.69, 9.17) is 4.42 Å². The molecule has 0 unspecified atom stereocenters. The first-order chi connectivity index (χ1) is 10.3. The number of oxazole rings is 1. The molecule has 0 bridgehead atoms. The maximum atomic E-state index is 11.8. The van der Waals surface area contributed by atoms with E-state index in [1.165, 1.54) is 25.7 Å². The molecule has 112 valence electrons. The lowest BCUT2D eigenvalue weighted by molar-refractivity contribution is 0.233. The molecule has 1 aromatic carbocycles. The van der Waals surface area contributed by atoms with Gasteiger partial charge in [0.2, 0.25) is 0 Å². The van der Waals surface area contributed by atoms with Gasteiger partial charge in [0.25, 0.3) is 0 Å². The molecule has 5 nitrogen and oxygen atoms in total. The molecule has 0 saturated heterocycles. The third-order valence-corrected chi connectivity index (χ3v) is 4.03. The van der Waals surface area contributed by atoms with E-state index in [0.717, 1.165) is 35.9 Å². The van der Waals surface area contributed by atoms with Gasteiger partial charge in [0.1, 0.15) is 5.52 Å². The fourth-order valence-electron chi connectivity index (χ4n) is 2.86. The SMILES string of the molecule is O=C(NCCc1ccc2ocnc2c1)NC1CCCCC1. The Morgan fingerprint density at radius 1 is 1.29 bits per heavy atom. The number of fused-ring (bicyclic) bond motifs is 1. The van der Waals surface area contributed by atoms with Gasteiger partial charge in [-0.3, -0.25) is 0 Å². The molecule has 1 aliphatic rings. The fraction of sp³-hybridized carbons (Fsp3) is 0.500. The quantitative estimate of drug-likeness (QED) is 0.908. The van der Waals surface area contributed by atoms with Gasteiger partial charge in [-0.2, -0.15) is 0 Å². The number of benzene rings is 1. The number of rotatable bonds is 4. The van der Waals surface area contributed by atoms with Crippen LogP contribution in [0.15, 0.2) is 29.0 Å². The Morgan fingerprint density at radius 3 is 3.00 bits per heavy atom. The highest BCUT2D eigenvalue weighted by Crippen LogP contribution is 2.17. The summed E-state index contributed by atoms with van der Waals surface area (Å²) in [5.74, 6) is 0. The number of carbonyl (C=O) groups excluding carboxylic acids is 1. The van der Waals surface area contributed by atoms with Gasteiger partial charge in [0.15, 0.2) is 12.0 Å². The number of hydrogen-bond donors (Lipinski definition) is 2. The Hall–Kier alpha value is -2.04. The Kier molecular flexibility index (Phi) is 4.38. The fourth-order valence-corrected chi connectivity index (χ4v) is 2.86. The van der Waals surface area contributed by atoms with Gasteiger partial charge < -0.3 is 15.1 Å². The monoisotopic (exact) mass is 287 g/mol. The van der Waals surface area contributed by atoms with E-state index in [9.17, 15) is 4.79 Å². The summed E-state index contributed by atoms with van der Waals surface area (Å²) in [6.45, 7) is 0.627. The van der Waals surface area contributed by atoms with Crippen molar-refractivity contribution in [1.82, 2.24) is 15.6 Å². The number of hydrogen-bond acceptors (Lipinski definition) is 3. The minimum Gasteiger partial charge on any atom is -0.443 e. The van der Waals surface area contributed by atoms with Crippen LogP contribution in [-0.4, -0.2) is 23.6 Å². The molecular formula is C16H21N3O2. The normalized spacial score (nSPS) is 16.0. The van der Waals surface area contributed by atoms with E-state index < -0.39 is 0 Å². The third-order valence-electron chi connectivity index (χ3n) is 4.03. The van der Waals surface area contributed by atoms with Crippen LogP contribution in [-0.2, 0) is 6.42 Å². The predicted molar refractivity (Wildman–Crippen MR) is 81.1 cm³/mol. The molecule has 2 amide bonds. The summed E-state index contributed by atoms with van der Waals surface area (Å²) >= 11 is 0. The summed E-state index contributed by atoms with van der Waals surface area (Å²) in [7, 11) is 0. The Bertz CT molecular complexity index is 602. The van der Waals surface area contributed by atoms with Crippen LogP contribution in [0.25, 0.3) is 11.1 Å². The molecule has 5 heteroatoms. The molecule has 1 fully saturated rings. The Morgan fingerprint density at radius 2 is 2.14 bits per heavy atom. The highest BCUT2D eigenvalue weighted by molar-refractivity contribution is 5.74. The molecule has 21 heavy (non-hydrogen) atoms. The summed E-state index contributed by atoms with van der Waals surface area (Å²) < 4.78 is 5.21. The van der Waals surface area contributed by atoms with Crippen molar-refractivity contribution >= 4 is 17.1 Å². The van der Waals surface area contributed by atoms with Crippen LogP contribution in [0.1, 0.15) is 37.7 Å². The summed E-state index contributed by atoms with van der Waals surface area (Å²) in [4.78, 5) is 16.0. The molecule has 0 radical (unpaired) electrons. The molecule has 1 aromatic heterocycles. The van der Waals surface area contributed by atoms with Gasteiger partial charge in [-0.25, -0.2) is 9.78 Å². The minimum atomic E-state index is -0.0515. The van der Waals surface area contributed by atoms with Crippen molar-refractivity contribution in [2.75, 3.05) is 6.54 Å². The average molecular weight is 287 g/mol. The average Bonchev–Trinajstić information content (AvgIpc) is 2.96. The van der Waals surface area contributed by atoms with Crippen molar-refractivity contribution in [3.8, 4) is 0 Å². The van der Waals surface area contributed by atoms with Gasteiger partial charge in [0, 0.05) is 12.6 Å². The highest BCUT2D eigenvalue weighted by atomic mass is 16.3. The molecule has 2 aromatic rings. The van der Waals surface area contributed by atoms with Crippen LogP contribution in [0.2, 0.25) is 0 Å². The Labute approximate surface area is 124 Å². The first-order valence-electron chi connectivity index (χ1n) is 7.68. The molecular weight excluding hydrogens is 266 g/mol. The largest absolute Gasteiger partial charge is 0.443 e. The van der Waals surface area contributed by atoms with E-state index in [-0.39, 0.29) is 6.03 Å². The Balaban J connectivity index is 1.43. The third kappa shape index (κ3) is 3.74. The standard InChI is InChI=1S/C16H21N3O2/c20-16(19-13-4-2-1-3-5-13)17-9-8-12-6-7-15-14(10-12)18-11-21-15/h6-7,10-11,13H,1-5,8-9H2,(H2,17,19,20). The number of nitrogens with one attached hydrogen (secondary N) is 2. The summed E-state index contributed by atoms with van der Waals surface area (Å²) in [6.07, 6.45) is 8.20. The van der Waals surface area contributed by atoms with Crippen molar-refractivity contribution in [3.05, 3.63) is 30.2 Å². The van der Waals surface area contributed by atoms with E-state index in [2.05, 4.69) is 15.6 Å². The van der Waals surface area contributed by atoms with Crippen molar-refractivity contribution in [2.24, 2.45) is 0 Å². The smallest absolute Gasteiger partial charge is 0.315 e. The van der Waals surface area contributed by atoms with E-state index in [1.807, 2.05) is 18.2 Å². The second-order valence-corrected chi connectivity index (χ2v) is 5.64. The lowest BCUT2D eigenvalue weighted by Crippen LogP contribution is -2.43. The van der Waals surface area contributed by atoms with Gasteiger partial charge in [-0.1, -0.05) is 25.3 Å². The number of urea groups is 1. The molecule has 1 saturated carbocycles. The molecule has 1 heterocycles. The zero-order valence-corrected chi connectivity index (χ0v) is 12.1. The maximum Gasteiger partial charge on any atom is 0.315 e. The zero-order valence-electron chi connectivity index (χ0n) is 12.1. The van der Waals surface area contributed by atoms with Gasteiger partial charge in [-0.05, 0) is 37.0 Å². The zero-order chi connectivity index (χ0) is 14.5. The van der Waals surface area contributed by atoms with Gasteiger partial charge in [-0.15, -0.1) is 0 Å². The van der Waals surface area contributed by atoms with Crippen LogP contribution in [0, 0.1) is 0 Å². The second-order valence-electron chi connectivity index (χ2n) is 5.64. The van der Waals surface area contributed by atoms with Crippen LogP contribution < -0.4 is 10.6 Å². The topological polar surface area (TPSA) is 67.2 Å². The number of aromatic nitrogens is 1. The number of amides is 2. The van der Waals surface area contributed by atoms with Crippen LogP contribution in [0.4, 0.5) is 4.79 Å². The molecule has 0 atom stereocenters. The minimum absolute atomic E-state index is 0.0515. The van der Waals surface area contributed by atoms with Crippen molar-refractivity contribution < 1.29 is 9.21 Å². The van der Waals surface area contributed by atoms with Crippen LogP contribution >= 0.6 is 0 Å². The summed E-state index contributed by atoms with van der Waals surface area (Å²) in [6, 6.07) is 6.22. The summed E-state index contributed by atoms with van der Waals surface area (Å²) in [5, 5.41) is 5.98. The number of nitrogens with zero attached hydrogens (tertiary/aromatic N) is 1. The lowest BCUT2D eigenvalue weighted by Gasteiger charge is -2.22. The molecule has 1 aliphatic carbocycles. The van der Waals surface area contributed by atoms with E-state index >= 15 is 0 Å². The highest BCUT2D eigenvalue weighted by Gasteiger charge is 2.15. The maximum absolute atomic E-state index is 11.8. The second kappa shape index (κ2) is 6.61. The van der Waals surface area contributed by atoms with Crippen molar-refractivity contribution in [1.29, 1.82) is 0 Å². The molecule has 3 rings (SSSR count). The first kappa shape index (κ1) is 13.9. The van der Waals surface area contributed by atoms with E-state index in [0.29, 0.717) is 12.6 Å². The molecule has 0 spiro atoms.